The number of nitrogens with two attached hydrogens (primary N) is 1. The minimum Gasteiger partial charge on any atom is -0.393 e. The number of thioether (sulfide) groups is 1. The summed E-state index contributed by atoms with van der Waals surface area (Å²) < 4.78 is 65.9. The van der Waals surface area contributed by atoms with E-state index in [2.05, 4.69) is 19.5 Å². The van der Waals surface area contributed by atoms with Gasteiger partial charge in [0.2, 0.25) is 0 Å². The molecule has 2 aliphatic carbocycles. The lowest BCUT2D eigenvalue weighted by molar-refractivity contribution is -0.137. The first-order valence-corrected chi connectivity index (χ1v) is 13.9. The Morgan fingerprint density at radius 3 is 2.79 bits per heavy atom. The van der Waals surface area contributed by atoms with E-state index < -0.39 is 39.8 Å². The molecule has 1 heterocycles. The van der Waals surface area contributed by atoms with E-state index in [-0.39, 0.29) is 36.9 Å². The molecule has 0 aliphatic heterocycles. The van der Waals surface area contributed by atoms with Gasteiger partial charge in [0.25, 0.3) is 0 Å². The second-order valence-corrected chi connectivity index (χ2v) is 11.6. The third-order valence-electron chi connectivity index (χ3n) is 6.00. The average molecular weight is 591 g/mol. The lowest BCUT2D eigenvalue weighted by Crippen LogP contribution is -2.24. The summed E-state index contributed by atoms with van der Waals surface area (Å²) in [6.45, 7) is -0.281. The van der Waals surface area contributed by atoms with Gasteiger partial charge in [0, 0.05) is 45.0 Å². The molecule has 1 aromatic heterocycles. The van der Waals surface area contributed by atoms with E-state index in [4.69, 9.17) is 16.7 Å². The SMILES string of the molecule is NS(=O)(=O)OC[C@H]1C[C@@H](Nc2ncncc2C(=O)C2=CC(Sc3cccc(C(F)(F)F)c3)=C(Cl)C2)C[C@@H]1O. The van der Waals surface area contributed by atoms with Gasteiger partial charge in [-0.3, -0.25) is 8.98 Å². The van der Waals surface area contributed by atoms with Crippen LogP contribution in [0.2, 0.25) is 0 Å². The van der Waals surface area contributed by atoms with Crippen molar-refractivity contribution in [2.75, 3.05) is 11.9 Å². The van der Waals surface area contributed by atoms with Crippen LogP contribution in [0.4, 0.5) is 19.0 Å². The number of benzene rings is 1. The van der Waals surface area contributed by atoms with E-state index >= 15 is 0 Å². The summed E-state index contributed by atoms with van der Waals surface area (Å²) in [5.74, 6) is -0.701. The highest BCUT2D eigenvalue weighted by molar-refractivity contribution is 8.03. The molecule has 15 heteroatoms. The van der Waals surface area contributed by atoms with Gasteiger partial charge < -0.3 is 10.4 Å². The number of nitrogens with zero attached hydrogens (tertiary/aromatic N) is 2. The Morgan fingerprint density at radius 2 is 2.08 bits per heavy atom. The maximum atomic E-state index is 13.3. The molecule has 1 fully saturated rings. The van der Waals surface area contributed by atoms with Crippen LogP contribution in [-0.4, -0.2) is 48.0 Å². The minimum atomic E-state index is -4.48. The van der Waals surface area contributed by atoms with E-state index in [1.54, 1.807) is 0 Å². The van der Waals surface area contributed by atoms with Crippen LogP contribution in [-0.2, 0) is 20.7 Å². The molecule has 1 aromatic carbocycles. The van der Waals surface area contributed by atoms with Crippen molar-refractivity contribution < 1.29 is 35.7 Å². The Bertz CT molecular complexity index is 1400. The Hall–Kier alpha value is -2.49. The van der Waals surface area contributed by atoms with Crippen molar-refractivity contribution in [2.45, 2.75) is 42.5 Å². The molecule has 0 bridgehead atoms. The summed E-state index contributed by atoms with van der Waals surface area (Å²) in [6.07, 6.45) is -0.551. The highest BCUT2D eigenvalue weighted by Gasteiger charge is 2.35. The second-order valence-electron chi connectivity index (χ2n) is 8.77. The molecule has 2 aromatic rings. The second kappa shape index (κ2) is 11.3. The number of Topliss-reactive ketones (excluding diaryl/α,β-unsaturated/α-hetero) is 1. The van der Waals surface area contributed by atoms with E-state index in [9.17, 15) is 31.5 Å². The molecule has 204 valence electrons. The number of hydrogen-bond donors (Lipinski definition) is 3. The molecule has 1 saturated carbocycles. The van der Waals surface area contributed by atoms with E-state index in [0.29, 0.717) is 26.8 Å². The number of aliphatic hydroxyl groups excluding tert-OH is 1. The number of rotatable bonds is 9. The van der Waals surface area contributed by atoms with Crippen LogP contribution in [0.5, 0.6) is 0 Å². The van der Waals surface area contributed by atoms with Crippen molar-refractivity contribution in [3.63, 3.8) is 0 Å². The number of nitrogens with one attached hydrogen (secondary N) is 1. The first kappa shape index (κ1) is 28.5. The first-order chi connectivity index (χ1) is 17.8. The predicted octanol–water partition coefficient (Wildman–Crippen LogP) is 4.02. The summed E-state index contributed by atoms with van der Waals surface area (Å²) in [5, 5.41) is 18.5. The van der Waals surface area contributed by atoms with Crippen LogP contribution in [0.1, 0.15) is 35.2 Å². The van der Waals surface area contributed by atoms with Crippen LogP contribution in [0.25, 0.3) is 0 Å². The van der Waals surface area contributed by atoms with Crippen LogP contribution < -0.4 is 10.5 Å². The molecule has 4 rings (SSSR count). The lowest BCUT2D eigenvalue weighted by Gasteiger charge is -2.16. The van der Waals surface area contributed by atoms with Crippen LogP contribution in [0.15, 0.2) is 63.3 Å². The van der Waals surface area contributed by atoms with Gasteiger partial charge in [0.15, 0.2) is 5.78 Å². The van der Waals surface area contributed by atoms with Crippen molar-refractivity contribution in [1.82, 2.24) is 9.97 Å². The van der Waals surface area contributed by atoms with Gasteiger partial charge in [0.05, 0.1) is 23.8 Å². The normalized spacial score (nSPS) is 22.1. The molecule has 0 radical (unpaired) electrons. The molecule has 0 unspecified atom stereocenters. The van der Waals surface area contributed by atoms with Gasteiger partial charge in [-0.1, -0.05) is 29.4 Å². The smallest absolute Gasteiger partial charge is 0.393 e. The Labute approximate surface area is 225 Å². The number of hydrogen-bond acceptors (Lipinski definition) is 9. The zero-order valence-electron chi connectivity index (χ0n) is 19.5. The van der Waals surface area contributed by atoms with Crippen LogP contribution >= 0.6 is 23.4 Å². The Kier molecular flexibility index (Phi) is 8.49. The molecule has 38 heavy (non-hydrogen) atoms. The Morgan fingerprint density at radius 1 is 1.32 bits per heavy atom. The largest absolute Gasteiger partial charge is 0.416 e. The van der Waals surface area contributed by atoms with Crippen molar-refractivity contribution in [2.24, 2.45) is 11.1 Å². The number of allylic oxidation sites excluding steroid dienone is 3. The maximum Gasteiger partial charge on any atom is 0.416 e. The molecular formula is C23H22ClF3N4O5S2. The fourth-order valence-electron chi connectivity index (χ4n) is 4.19. The number of carbonyl (C=O) groups excluding carboxylic acids is 1. The van der Waals surface area contributed by atoms with E-state index in [0.717, 1.165) is 23.9 Å². The molecule has 0 spiro atoms. The van der Waals surface area contributed by atoms with Crippen molar-refractivity contribution in [3.8, 4) is 0 Å². The Balaban J connectivity index is 1.46. The molecular weight excluding hydrogens is 569 g/mol. The molecule has 4 N–H and O–H groups in total. The van der Waals surface area contributed by atoms with E-state index in [1.807, 2.05) is 0 Å². The molecule has 0 saturated heterocycles. The molecule has 9 nitrogen and oxygen atoms in total. The fraction of sp³-hybridized carbons (Fsp3) is 0.348. The third kappa shape index (κ3) is 7.12. The number of anilines is 1. The van der Waals surface area contributed by atoms with Gasteiger partial charge in [0.1, 0.15) is 12.1 Å². The topological polar surface area (TPSA) is 144 Å². The summed E-state index contributed by atoms with van der Waals surface area (Å²) in [5.41, 5.74) is -0.328. The maximum absolute atomic E-state index is 13.3. The summed E-state index contributed by atoms with van der Waals surface area (Å²) >= 11 is 7.37. The monoisotopic (exact) mass is 590 g/mol. The zero-order valence-corrected chi connectivity index (χ0v) is 21.9. The van der Waals surface area contributed by atoms with E-state index in [1.165, 1.54) is 30.7 Å². The van der Waals surface area contributed by atoms with Gasteiger partial charge in [-0.25, -0.2) is 15.1 Å². The number of halogens is 4. The molecule has 2 aliphatic rings. The summed E-state index contributed by atoms with van der Waals surface area (Å²) in [7, 11) is -4.15. The number of aromatic nitrogens is 2. The third-order valence-corrected chi connectivity index (χ3v) is 7.99. The highest BCUT2D eigenvalue weighted by Crippen LogP contribution is 2.42. The van der Waals surface area contributed by atoms with Crippen molar-refractivity contribution in [3.05, 3.63) is 69.5 Å². The highest BCUT2D eigenvalue weighted by atomic mass is 35.5. The van der Waals surface area contributed by atoms with Gasteiger partial charge in [-0.2, -0.15) is 21.6 Å². The fourth-order valence-corrected chi connectivity index (χ4v) is 5.84. The summed E-state index contributed by atoms with van der Waals surface area (Å²) in [6, 6.07) is 4.47. The number of ketones is 1. The predicted molar refractivity (Wildman–Crippen MR) is 134 cm³/mol. The molecule has 0 amide bonds. The first-order valence-electron chi connectivity index (χ1n) is 11.2. The quantitative estimate of drug-likeness (QED) is 0.369. The number of alkyl halides is 3. The van der Waals surface area contributed by atoms with Crippen LogP contribution in [0, 0.1) is 5.92 Å². The number of carbonyl (C=O) groups is 1. The lowest BCUT2D eigenvalue weighted by atomic mass is 10.0. The average Bonchev–Trinajstić information content (AvgIpc) is 3.38. The zero-order chi connectivity index (χ0) is 27.7. The molecule has 3 atom stereocenters. The summed E-state index contributed by atoms with van der Waals surface area (Å²) in [4.78, 5) is 22.2. The van der Waals surface area contributed by atoms with Gasteiger partial charge in [-0.05, 0) is 37.1 Å². The number of aliphatic hydroxyl groups is 1. The van der Waals surface area contributed by atoms with Gasteiger partial charge >= 0.3 is 16.5 Å². The van der Waals surface area contributed by atoms with Crippen molar-refractivity contribution in [1.29, 1.82) is 0 Å². The minimum absolute atomic E-state index is 0.0884. The van der Waals surface area contributed by atoms with Crippen molar-refractivity contribution >= 4 is 45.3 Å². The van der Waals surface area contributed by atoms with Crippen LogP contribution in [0.3, 0.4) is 0 Å². The van der Waals surface area contributed by atoms with Gasteiger partial charge in [-0.15, -0.1) is 0 Å². The standard InChI is InChI=1S/C23H22ClF3N4O5S2/c24-18-5-12(6-20(18)37-16-3-1-2-14(7-16)23(25,26)27)21(33)17-9-29-11-30-22(17)31-15-4-13(19(32)8-15)10-36-38(28,34)35/h1-3,6-7,9,11,13,15,19,32H,4-5,8,10H2,(H2,28,34,35)(H,29,30,31)/t13-,15-,19+/m1/s1.